The normalized spacial score (nSPS) is 16.6. The van der Waals surface area contributed by atoms with E-state index in [1.54, 1.807) is 14.2 Å². The fourth-order valence-corrected chi connectivity index (χ4v) is 3.94. The van der Waals surface area contributed by atoms with Crippen molar-refractivity contribution in [3.8, 4) is 11.5 Å². The van der Waals surface area contributed by atoms with E-state index in [4.69, 9.17) is 18.9 Å². The molecule has 5 nitrogen and oxygen atoms in total. The molecule has 29 heavy (non-hydrogen) atoms. The third-order valence-corrected chi connectivity index (χ3v) is 5.66. The number of nitrogens with one attached hydrogen (secondary N) is 1. The number of aryl methyl sites for hydroxylation is 1. The first-order valence-electron chi connectivity index (χ1n) is 10.3. The molecule has 3 rings (SSSR count). The van der Waals surface area contributed by atoms with E-state index in [9.17, 15) is 0 Å². The minimum atomic E-state index is -0.760. The van der Waals surface area contributed by atoms with Crippen LogP contribution in [0.1, 0.15) is 41.9 Å². The van der Waals surface area contributed by atoms with Crippen LogP contribution in [0.3, 0.4) is 0 Å². The van der Waals surface area contributed by atoms with E-state index in [1.165, 1.54) is 11.1 Å². The summed E-state index contributed by atoms with van der Waals surface area (Å²) in [5, 5.41) is 3.28. The fourth-order valence-electron chi connectivity index (χ4n) is 3.94. The van der Waals surface area contributed by atoms with Crippen molar-refractivity contribution in [2.24, 2.45) is 0 Å². The second-order valence-electron chi connectivity index (χ2n) is 7.59. The van der Waals surface area contributed by atoms with Crippen molar-refractivity contribution < 1.29 is 18.9 Å². The van der Waals surface area contributed by atoms with Crippen molar-refractivity contribution in [2.45, 2.75) is 37.9 Å². The topological polar surface area (TPSA) is 49.0 Å². The van der Waals surface area contributed by atoms with Gasteiger partial charge in [0.05, 0.1) is 27.4 Å². The Balaban J connectivity index is 1.84. The monoisotopic (exact) mass is 399 g/mol. The Morgan fingerprint density at radius 2 is 1.59 bits per heavy atom. The maximum atomic E-state index is 6.19. The molecule has 1 atom stereocenters. The molecule has 0 aromatic heterocycles. The first-order chi connectivity index (χ1) is 14.1. The van der Waals surface area contributed by atoms with Crippen molar-refractivity contribution in [3.63, 3.8) is 0 Å². The van der Waals surface area contributed by atoms with Gasteiger partial charge in [0.25, 0.3) is 0 Å². The van der Waals surface area contributed by atoms with Gasteiger partial charge < -0.3 is 24.3 Å². The van der Waals surface area contributed by atoms with Gasteiger partial charge in [-0.3, -0.25) is 0 Å². The van der Waals surface area contributed by atoms with Crippen LogP contribution in [0.4, 0.5) is 0 Å². The summed E-state index contributed by atoms with van der Waals surface area (Å²) >= 11 is 0. The molecule has 2 aromatic rings. The Morgan fingerprint density at radius 3 is 2.14 bits per heavy atom. The predicted molar refractivity (Wildman–Crippen MR) is 115 cm³/mol. The van der Waals surface area contributed by atoms with E-state index in [-0.39, 0.29) is 0 Å². The minimum absolute atomic E-state index is 0.431. The van der Waals surface area contributed by atoms with Crippen LogP contribution in [0, 0.1) is 6.92 Å². The Hall–Kier alpha value is -2.08. The van der Waals surface area contributed by atoms with Gasteiger partial charge in [-0.2, -0.15) is 0 Å². The van der Waals surface area contributed by atoms with Crippen LogP contribution in [-0.2, 0) is 15.3 Å². The van der Waals surface area contributed by atoms with E-state index in [0.29, 0.717) is 19.1 Å². The van der Waals surface area contributed by atoms with Gasteiger partial charge in [-0.05, 0) is 57.0 Å². The van der Waals surface area contributed by atoms with Crippen LogP contribution in [0.25, 0.3) is 0 Å². The quantitative estimate of drug-likeness (QED) is 0.642. The molecule has 1 unspecified atom stereocenters. The first-order valence-corrected chi connectivity index (χ1v) is 10.3. The van der Waals surface area contributed by atoms with Crippen LogP contribution in [0.15, 0.2) is 42.5 Å². The molecule has 0 bridgehead atoms. The average Bonchev–Trinajstić information content (AvgIpc) is 3.24. The molecule has 2 aromatic carbocycles. The molecule has 0 spiro atoms. The first kappa shape index (κ1) is 21.6. The lowest BCUT2D eigenvalue weighted by molar-refractivity contribution is -0.172. The van der Waals surface area contributed by atoms with Gasteiger partial charge >= 0.3 is 0 Å². The number of hydrogen-bond donors (Lipinski definition) is 1. The summed E-state index contributed by atoms with van der Waals surface area (Å²) < 4.78 is 23.3. The van der Waals surface area contributed by atoms with Crippen molar-refractivity contribution in [3.05, 3.63) is 59.2 Å². The second-order valence-corrected chi connectivity index (χ2v) is 7.59. The summed E-state index contributed by atoms with van der Waals surface area (Å²) in [6.45, 7) is 4.27. The lowest BCUT2D eigenvalue weighted by Gasteiger charge is -2.30. The van der Waals surface area contributed by atoms with Gasteiger partial charge in [0.1, 0.15) is 11.5 Å². The summed E-state index contributed by atoms with van der Waals surface area (Å²) in [7, 11) is 5.32. The van der Waals surface area contributed by atoms with Crippen LogP contribution in [0.5, 0.6) is 11.5 Å². The summed E-state index contributed by atoms with van der Waals surface area (Å²) in [5.41, 5.74) is 3.59. The number of hydrogen-bond acceptors (Lipinski definition) is 5. The molecular weight excluding hydrogens is 366 g/mol. The standard InChI is InChI=1S/C24H33NO4/c1-18-5-7-19(8-6-18)20(10-12-25-2)9-11-24(28-13-14-29-24)21-15-22(26-3)17-23(16-21)27-4/h5-8,15-17,20,25H,9-14H2,1-4H3. The summed E-state index contributed by atoms with van der Waals surface area (Å²) in [6.07, 6.45) is 2.80. The highest BCUT2D eigenvalue weighted by atomic mass is 16.7. The predicted octanol–water partition coefficient (Wildman–Crippen LogP) is 4.39. The lowest BCUT2D eigenvalue weighted by atomic mass is 9.87. The molecule has 1 aliphatic rings. The molecule has 1 N–H and O–H groups in total. The third-order valence-electron chi connectivity index (χ3n) is 5.66. The van der Waals surface area contributed by atoms with Gasteiger partial charge in [0.2, 0.25) is 0 Å². The number of ether oxygens (including phenoxy) is 4. The minimum Gasteiger partial charge on any atom is -0.497 e. The number of rotatable bonds is 10. The molecule has 0 saturated carbocycles. The smallest absolute Gasteiger partial charge is 0.195 e. The molecule has 0 radical (unpaired) electrons. The van der Waals surface area contributed by atoms with Crippen LogP contribution in [0.2, 0.25) is 0 Å². The van der Waals surface area contributed by atoms with Gasteiger partial charge in [-0.15, -0.1) is 0 Å². The highest BCUT2D eigenvalue weighted by molar-refractivity contribution is 5.40. The molecule has 5 heteroatoms. The van der Waals surface area contributed by atoms with Crippen LogP contribution in [-0.4, -0.2) is 41.0 Å². The Kier molecular flexibility index (Phi) is 7.53. The zero-order valence-electron chi connectivity index (χ0n) is 18.0. The third kappa shape index (κ3) is 5.30. The maximum Gasteiger partial charge on any atom is 0.195 e. The summed E-state index contributed by atoms with van der Waals surface area (Å²) in [4.78, 5) is 0. The Bertz CT molecular complexity index is 747. The Labute approximate surface area is 174 Å². The molecule has 1 saturated heterocycles. The van der Waals surface area contributed by atoms with Gasteiger partial charge in [-0.25, -0.2) is 0 Å². The largest absolute Gasteiger partial charge is 0.497 e. The molecule has 1 aliphatic heterocycles. The highest BCUT2D eigenvalue weighted by Gasteiger charge is 2.39. The number of methoxy groups -OCH3 is 2. The van der Waals surface area contributed by atoms with E-state index in [0.717, 1.165) is 42.9 Å². The SMILES string of the molecule is CNCCC(CCC1(c2cc(OC)cc(OC)c2)OCCO1)c1ccc(C)cc1. The van der Waals surface area contributed by atoms with Crippen molar-refractivity contribution >= 4 is 0 Å². The average molecular weight is 400 g/mol. The van der Waals surface area contributed by atoms with Gasteiger partial charge in [-0.1, -0.05) is 29.8 Å². The van der Waals surface area contributed by atoms with Crippen LogP contribution < -0.4 is 14.8 Å². The van der Waals surface area contributed by atoms with E-state index in [1.807, 2.05) is 25.2 Å². The molecular formula is C24H33NO4. The zero-order chi connectivity index (χ0) is 20.7. The molecule has 0 amide bonds. The lowest BCUT2D eigenvalue weighted by Crippen LogP contribution is -2.28. The fraction of sp³-hybridized carbons (Fsp3) is 0.500. The van der Waals surface area contributed by atoms with Crippen molar-refractivity contribution in [1.82, 2.24) is 5.32 Å². The van der Waals surface area contributed by atoms with Crippen molar-refractivity contribution in [1.29, 1.82) is 0 Å². The van der Waals surface area contributed by atoms with E-state index < -0.39 is 5.79 Å². The second kappa shape index (κ2) is 10.1. The Morgan fingerprint density at radius 1 is 0.966 bits per heavy atom. The summed E-state index contributed by atoms with van der Waals surface area (Å²) in [6, 6.07) is 14.7. The van der Waals surface area contributed by atoms with Crippen LogP contribution >= 0.6 is 0 Å². The van der Waals surface area contributed by atoms with Gasteiger partial charge in [0.15, 0.2) is 5.79 Å². The molecule has 0 aliphatic carbocycles. The number of benzene rings is 2. The molecule has 1 heterocycles. The zero-order valence-corrected chi connectivity index (χ0v) is 18.0. The molecule has 158 valence electrons. The van der Waals surface area contributed by atoms with Crippen molar-refractivity contribution in [2.75, 3.05) is 41.0 Å². The maximum absolute atomic E-state index is 6.19. The van der Waals surface area contributed by atoms with Gasteiger partial charge in [0, 0.05) is 18.1 Å². The van der Waals surface area contributed by atoms with E-state index >= 15 is 0 Å². The highest BCUT2D eigenvalue weighted by Crippen LogP contribution is 2.41. The molecule has 1 fully saturated rings. The summed E-state index contributed by atoms with van der Waals surface area (Å²) in [5.74, 6) is 1.15. The van der Waals surface area contributed by atoms with E-state index in [2.05, 4.69) is 36.5 Å².